The molecule has 11 heteroatoms. The molecule has 0 radical (unpaired) electrons. The van der Waals surface area contributed by atoms with Gasteiger partial charge in [0.25, 0.3) is 0 Å². The predicted octanol–water partition coefficient (Wildman–Crippen LogP) is 3.25. The number of sulfonamides is 1. The number of hydrogen-bond acceptors (Lipinski definition) is 7. The third kappa shape index (κ3) is 9.22. The standard InChI is InChI=1S/C31H39N3O7S/c1-23(31(36)32-18-17-24-13-16-28(40-3)29(19-24)41-4)34(21-26-11-14-27(39-2)15-12-26)30(35)22-33(42(5,37)38)20-25-9-7-6-8-10-25/h6-16,19,23H,17-18,20-22H2,1-5H3,(H,32,36)/t23-/m1/s1. The van der Waals surface area contributed by atoms with E-state index in [2.05, 4.69) is 5.32 Å². The van der Waals surface area contributed by atoms with Crippen molar-refractivity contribution in [1.29, 1.82) is 0 Å². The molecule has 226 valence electrons. The zero-order valence-electron chi connectivity index (χ0n) is 24.7. The minimum atomic E-state index is -3.73. The van der Waals surface area contributed by atoms with Crippen LogP contribution in [0.15, 0.2) is 72.8 Å². The van der Waals surface area contributed by atoms with Gasteiger partial charge < -0.3 is 24.4 Å². The van der Waals surface area contributed by atoms with Crippen LogP contribution < -0.4 is 19.5 Å². The van der Waals surface area contributed by atoms with Gasteiger partial charge in [-0.15, -0.1) is 0 Å². The van der Waals surface area contributed by atoms with E-state index in [1.54, 1.807) is 70.7 Å². The monoisotopic (exact) mass is 597 g/mol. The Labute approximate surface area is 248 Å². The van der Waals surface area contributed by atoms with Crippen molar-refractivity contribution in [1.82, 2.24) is 14.5 Å². The number of benzene rings is 3. The third-order valence-electron chi connectivity index (χ3n) is 6.82. The highest BCUT2D eigenvalue weighted by Crippen LogP contribution is 2.27. The van der Waals surface area contributed by atoms with Crippen molar-refractivity contribution >= 4 is 21.8 Å². The second kappa shape index (κ2) is 15.2. The maximum atomic E-state index is 13.7. The summed E-state index contributed by atoms with van der Waals surface area (Å²) in [6.45, 7) is 1.69. The normalized spacial score (nSPS) is 12.0. The van der Waals surface area contributed by atoms with Gasteiger partial charge in [0.15, 0.2) is 11.5 Å². The fourth-order valence-corrected chi connectivity index (χ4v) is 5.07. The molecule has 42 heavy (non-hydrogen) atoms. The summed E-state index contributed by atoms with van der Waals surface area (Å²) in [5.74, 6) is 1.02. The molecule has 0 aromatic heterocycles. The summed E-state index contributed by atoms with van der Waals surface area (Å²) in [6, 6.07) is 20.9. The van der Waals surface area contributed by atoms with E-state index in [1.165, 1.54) is 4.90 Å². The molecule has 3 aromatic rings. The molecule has 2 amide bonds. The van der Waals surface area contributed by atoms with Crippen LogP contribution in [0.3, 0.4) is 0 Å². The van der Waals surface area contributed by atoms with Gasteiger partial charge in [0.2, 0.25) is 21.8 Å². The topological polar surface area (TPSA) is 114 Å². The molecular formula is C31H39N3O7S. The van der Waals surface area contributed by atoms with Gasteiger partial charge in [-0.3, -0.25) is 9.59 Å². The van der Waals surface area contributed by atoms with Gasteiger partial charge in [-0.05, 0) is 54.3 Å². The molecule has 1 atom stereocenters. The van der Waals surface area contributed by atoms with E-state index in [0.717, 1.165) is 27.3 Å². The summed E-state index contributed by atoms with van der Waals surface area (Å²) in [7, 11) is 0.960. The molecule has 1 N–H and O–H groups in total. The molecule has 3 rings (SSSR count). The minimum Gasteiger partial charge on any atom is -0.497 e. The van der Waals surface area contributed by atoms with Crippen LogP contribution in [0.1, 0.15) is 23.6 Å². The van der Waals surface area contributed by atoms with Crippen LogP contribution in [0.5, 0.6) is 17.2 Å². The fraction of sp³-hybridized carbons (Fsp3) is 0.355. The Kier molecular flexibility index (Phi) is 11.8. The molecule has 3 aromatic carbocycles. The Morgan fingerprint density at radius 2 is 1.43 bits per heavy atom. The van der Waals surface area contributed by atoms with Gasteiger partial charge in [0, 0.05) is 19.6 Å². The molecule has 10 nitrogen and oxygen atoms in total. The van der Waals surface area contributed by atoms with Crippen molar-refractivity contribution in [2.24, 2.45) is 0 Å². The summed E-state index contributed by atoms with van der Waals surface area (Å²) < 4.78 is 42.2. The number of hydrogen-bond donors (Lipinski definition) is 1. The maximum absolute atomic E-state index is 13.7. The molecule has 0 aliphatic rings. The predicted molar refractivity (Wildman–Crippen MR) is 161 cm³/mol. The summed E-state index contributed by atoms with van der Waals surface area (Å²) in [5.41, 5.74) is 2.46. The lowest BCUT2D eigenvalue weighted by Gasteiger charge is -2.31. The number of nitrogens with one attached hydrogen (secondary N) is 1. The molecule has 0 spiro atoms. The molecule has 0 aliphatic heterocycles. The lowest BCUT2D eigenvalue weighted by Crippen LogP contribution is -2.51. The van der Waals surface area contributed by atoms with Crippen molar-refractivity contribution in [3.05, 3.63) is 89.5 Å². The van der Waals surface area contributed by atoms with Gasteiger partial charge in [-0.25, -0.2) is 8.42 Å². The maximum Gasteiger partial charge on any atom is 0.242 e. The van der Waals surface area contributed by atoms with E-state index >= 15 is 0 Å². The van der Waals surface area contributed by atoms with Crippen LogP contribution in [-0.4, -0.2) is 76.2 Å². The van der Waals surface area contributed by atoms with E-state index in [1.807, 2.05) is 30.3 Å². The third-order valence-corrected chi connectivity index (χ3v) is 8.02. The van der Waals surface area contributed by atoms with Crippen molar-refractivity contribution in [3.63, 3.8) is 0 Å². The molecule has 0 aliphatic carbocycles. The van der Waals surface area contributed by atoms with Crippen molar-refractivity contribution < 1.29 is 32.2 Å². The van der Waals surface area contributed by atoms with Crippen molar-refractivity contribution in [3.8, 4) is 17.2 Å². The van der Waals surface area contributed by atoms with E-state index in [4.69, 9.17) is 14.2 Å². The summed E-state index contributed by atoms with van der Waals surface area (Å²) in [5, 5.41) is 2.90. The second-order valence-electron chi connectivity index (χ2n) is 9.79. The molecule has 0 fully saturated rings. The molecular weight excluding hydrogens is 558 g/mol. The van der Waals surface area contributed by atoms with Crippen LogP contribution in [0.2, 0.25) is 0 Å². The van der Waals surface area contributed by atoms with E-state index < -0.39 is 28.5 Å². The van der Waals surface area contributed by atoms with Crippen LogP contribution in [0.25, 0.3) is 0 Å². The van der Waals surface area contributed by atoms with Crippen molar-refractivity contribution in [2.45, 2.75) is 32.5 Å². The Morgan fingerprint density at radius 1 is 0.810 bits per heavy atom. The summed E-state index contributed by atoms with van der Waals surface area (Å²) in [4.78, 5) is 28.3. The highest BCUT2D eigenvalue weighted by molar-refractivity contribution is 7.88. The fourth-order valence-electron chi connectivity index (χ4n) is 4.34. The van der Waals surface area contributed by atoms with Gasteiger partial charge >= 0.3 is 0 Å². The van der Waals surface area contributed by atoms with Crippen molar-refractivity contribution in [2.75, 3.05) is 40.7 Å². The smallest absolute Gasteiger partial charge is 0.242 e. The van der Waals surface area contributed by atoms with Crippen LogP contribution in [-0.2, 0) is 39.1 Å². The highest BCUT2D eigenvalue weighted by Gasteiger charge is 2.30. The average molecular weight is 598 g/mol. The number of carbonyl (C=O) groups excluding carboxylic acids is 2. The lowest BCUT2D eigenvalue weighted by atomic mass is 10.1. The number of ether oxygens (including phenoxy) is 3. The first-order valence-corrected chi connectivity index (χ1v) is 15.3. The van der Waals surface area contributed by atoms with Crippen LogP contribution >= 0.6 is 0 Å². The van der Waals surface area contributed by atoms with E-state index in [0.29, 0.717) is 30.2 Å². The van der Waals surface area contributed by atoms with Gasteiger partial charge in [0.05, 0.1) is 34.1 Å². The Bertz CT molecular complexity index is 1430. The minimum absolute atomic E-state index is 0.0354. The molecule has 0 unspecified atom stereocenters. The van der Waals surface area contributed by atoms with Gasteiger partial charge in [-0.1, -0.05) is 48.5 Å². The van der Waals surface area contributed by atoms with Crippen LogP contribution in [0, 0.1) is 0 Å². The molecule has 0 saturated carbocycles. The highest BCUT2D eigenvalue weighted by atomic mass is 32.2. The lowest BCUT2D eigenvalue weighted by molar-refractivity contribution is -0.140. The number of rotatable bonds is 15. The molecule has 0 bridgehead atoms. The quantitative estimate of drug-likeness (QED) is 0.286. The average Bonchev–Trinajstić information content (AvgIpc) is 2.99. The molecule has 0 saturated heterocycles. The number of amides is 2. The first kappa shape index (κ1) is 32.4. The Morgan fingerprint density at radius 3 is 2.02 bits per heavy atom. The first-order chi connectivity index (χ1) is 20.0. The van der Waals surface area contributed by atoms with Gasteiger partial charge in [-0.2, -0.15) is 4.31 Å². The van der Waals surface area contributed by atoms with Gasteiger partial charge in [0.1, 0.15) is 11.8 Å². The van der Waals surface area contributed by atoms with E-state index in [-0.39, 0.29) is 19.0 Å². The number of nitrogens with zero attached hydrogens (tertiary/aromatic N) is 2. The number of carbonyl (C=O) groups is 2. The Balaban J connectivity index is 1.76. The van der Waals surface area contributed by atoms with Crippen LogP contribution in [0.4, 0.5) is 0 Å². The Hall–Kier alpha value is -4.09. The summed E-state index contributed by atoms with van der Waals surface area (Å²) in [6.07, 6.45) is 1.60. The van der Waals surface area contributed by atoms with E-state index in [9.17, 15) is 18.0 Å². The first-order valence-electron chi connectivity index (χ1n) is 13.5. The second-order valence-corrected chi connectivity index (χ2v) is 11.8. The molecule has 0 heterocycles. The largest absolute Gasteiger partial charge is 0.497 e. The number of methoxy groups -OCH3 is 3. The zero-order chi connectivity index (χ0) is 30.7. The zero-order valence-corrected chi connectivity index (χ0v) is 25.5. The SMILES string of the molecule is COc1ccc(CN(C(=O)CN(Cc2ccccc2)S(C)(=O)=O)[C@H](C)C(=O)NCCc2ccc(OC)c(OC)c2)cc1. The summed E-state index contributed by atoms with van der Waals surface area (Å²) >= 11 is 0.